The highest BCUT2D eigenvalue weighted by atomic mass is 32.2. The Morgan fingerprint density at radius 1 is 0.724 bits per heavy atom. The van der Waals surface area contributed by atoms with Gasteiger partial charge in [0.15, 0.2) is 0 Å². The minimum Gasteiger partial charge on any atom is -0.348 e. The Morgan fingerprint density at radius 3 is 1.41 bits per heavy atom. The lowest BCUT2D eigenvalue weighted by Gasteiger charge is -2.22. The zero-order chi connectivity index (χ0) is 21.5. The molecule has 2 aliphatic heterocycles. The molecule has 0 aromatic heterocycles. The number of anilines is 2. The average Bonchev–Trinajstić information content (AvgIpc) is 2.96. The molecule has 0 bridgehead atoms. The SMILES string of the molecule is C=C1N(C)c2ccc(S(=O)(=O)c3ccc4c(c3)C(C)(C)C(=C)N4C)cc2C1(C)C. The van der Waals surface area contributed by atoms with Crippen LogP contribution >= 0.6 is 0 Å². The van der Waals surface area contributed by atoms with Crippen molar-refractivity contribution in [1.82, 2.24) is 0 Å². The first kappa shape index (κ1) is 19.8. The van der Waals surface area contributed by atoms with Crippen LogP contribution < -0.4 is 9.80 Å². The van der Waals surface area contributed by atoms with E-state index in [1.807, 2.05) is 48.2 Å². The van der Waals surface area contributed by atoms with Crippen molar-refractivity contribution in [2.45, 2.75) is 48.3 Å². The Bertz CT molecular complexity index is 1100. The first-order chi connectivity index (χ1) is 13.3. The zero-order valence-electron chi connectivity index (χ0n) is 18.0. The molecule has 2 aromatic carbocycles. The van der Waals surface area contributed by atoms with Crippen molar-refractivity contribution in [2.75, 3.05) is 23.9 Å². The number of nitrogens with zero attached hydrogens (tertiary/aromatic N) is 2. The molecule has 2 aromatic rings. The Balaban J connectivity index is 1.85. The molecule has 0 aliphatic carbocycles. The van der Waals surface area contributed by atoms with Gasteiger partial charge in [-0.15, -0.1) is 0 Å². The molecule has 0 amide bonds. The zero-order valence-corrected chi connectivity index (χ0v) is 18.8. The van der Waals surface area contributed by atoms with Gasteiger partial charge in [0, 0.05) is 47.7 Å². The molecule has 0 saturated carbocycles. The van der Waals surface area contributed by atoms with E-state index < -0.39 is 9.84 Å². The van der Waals surface area contributed by atoms with E-state index in [0.29, 0.717) is 9.79 Å². The molecule has 0 fully saturated rings. The lowest BCUT2D eigenvalue weighted by molar-refractivity contribution is 0.594. The third kappa shape index (κ3) is 2.46. The van der Waals surface area contributed by atoms with Gasteiger partial charge >= 0.3 is 0 Å². The minimum absolute atomic E-state index is 0.310. The fourth-order valence-corrected chi connectivity index (χ4v) is 5.84. The van der Waals surface area contributed by atoms with Crippen LogP contribution in [0.5, 0.6) is 0 Å². The largest absolute Gasteiger partial charge is 0.348 e. The van der Waals surface area contributed by atoms with Gasteiger partial charge in [-0.3, -0.25) is 0 Å². The van der Waals surface area contributed by atoms with Crippen LogP contribution in [-0.4, -0.2) is 22.5 Å². The Labute approximate surface area is 174 Å². The summed E-state index contributed by atoms with van der Waals surface area (Å²) >= 11 is 0. The van der Waals surface area contributed by atoms with Crippen molar-refractivity contribution in [3.8, 4) is 0 Å². The van der Waals surface area contributed by atoms with E-state index in [1.54, 1.807) is 12.1 Å². The molecule has 0 saturated heterocycles. The Hall–Kier alpha value is -2.53. The first-order valence-electron chi connectivity index (χ1n) is 9.71. The van der Waals surface area contributed by atoms with E-state index in [4.69, 9.17) is 0 Å². The molecular formula is C24H28N2O2S. The highest BCUT2D eigenvalue weighted by Crippen LogP contribution is 2.49. The summed E-state index contributed by atoms with van der Waals surface area (Å²) in [5, 5.41) is 0. The quantitative estimate of drug-likeness (QED) is 0.701. The van der Waals surface area contributed by atoms with Gasteiger partial charge in [-0.2, -0.15) is 0 Å². The maximum absolute atomic E-state index is 13.5. The van der Waals surface area contributed by atoms with Crippen molar-refractivity contribution < 1.29 is 8.42 Å². The second-order valence-corrected chi connectivity index (χ2v) is 11.1. The van der Waals surface area contributed by atoms with Crippen molar-refractivity contribution in [3.63, 3.8) is 0 Å². The summed E-state index contributed by atoms with van der Waals surface area (Å²) in [5.41, 5.74) is 5.29. The van der Waals surface area contributed by atoms with Gasteiger partial charge in [-0.05, 0) is 47.5 Å². The van der Waals surface area contributed by atoms with Crippen molar-refractivity contribution >= 4 is 21.2 Å². The van der Waals surface area contributed by atoms with E-state index >= 15 is 0 Å². The maximum Gasteiger partial charge on any atom is 0.206 e. The van der Waals surface area contributed by atoms with Crippen LogP contribution in [0.4, 0.5) is 11.4 Å². The monoisotopic (exact) mass is 408 g/mol. The van der Waals surface area contributed by atoms with Crippen LogP contribution in [0.3, 0.4) is 0 Å². The maximum atomic E-state index is 13.5. The number of hydrogen-bond donors (Lipinski definition) is 0. The summed E-state index contributed by atoms with van der Waals surface area (Å²) in [5.74, 6) is 0. The van der Waals surface area contributed by atoms with Crippen molar-refractivity contribution in [1.29, 1.82) is 0 Å². The summed E-state index contributed by atoms with van der Waals surface area (Å²) in [7, 11) is 0.288. The summed E-state index contributed by atoms with van der Waals surface area (Å²) < 4.78 is 27.0. The molecule has 0 atom stereocenters. The average molecular weight is 409 g/mol. The van der Waals surface area contributed by atoms with Crippen LogP contribution in [-0.2, 0) is 20.7 Å². The number of allylic oxidation sites excluding steroid dienone is 2. The Kier molecular flexibility index (Phi) is 3.93. The lowest BCUT2D eigenvalue weighted by atomic mass is 9.84. The second-order valence-electron chi connectivity index (χ2n) is 9.12. The normalized spacial score (nSPS) is 19.5. The summed E-state index contributed by atoms with van der Waals surface area (Å²) in [6, 6.07) is 10.8. The van der Waals surface area contributed by atoms with E-state index in [9.17, 15) is 8.42 Å². The molecule has 2 heterocycles. The van der Waals surface area contributed by atoms with Gasteiger partial charge < -0.3 is 9.80 Å². The fraction of sp³-hybridized carbons (Fsp3) is 0.333. The third-order valence-electron chi connectivity index (χ3n) is 6.88. The van der Waals surface area contributed by atoms with Gasteiger partial charge in [-0.1, -0.05) is 40.9 Å². The van der Waals surface area contributed by atoms with E-state index in [-0.39, 0.29) is 10.8 Å². The van der Waals surface area contributed by atoms with E-state index in [1.165, 1.54) is 0 Å². The van der Waals surface area contributed by atoms with E-state index in [2.05, 4.69) is 40.9 Å². The number of benzene rings is 2. The molecule has 0 spiro atoms. The molecule has 5 heteroatoms. The smallest absolute Gasteiger partial charge is 0.206 e. The van der Waals surface area contributed by atoms with Gasteiger partial charge in [0.1, 0.15) is 0 Å². The predicted octanol–water partition coefficient (Wildman–Crippen LogP) is 5.00. The highest BCUT2D eigenvalue weighted by Gasteiger charge is 2.40. The van der Waals surface area contributed by atoms with Crippen molar-refractivity contribution in [3.05, 3.63) is 72.1 Å². The lowest BCUT2D eigenvalue weighted by Crippen LogP contribution is -2.21. The minimum atomic E-state index is -3.65. The van der Waals surface area contributed by atoms with Crippen LogP contribution in [0.2, 0.25) is 0 Å². The number of likely N-dealkylation sites (N-methyl/N-ethyl adjacent to an activating group) is 2. The standard InChI is InChI=1S/C24H28N2O2S/c1-15-23(3,4)19-13-17(9-11-21(19)25(15)7)29(27,28)18-10-12-22-20(14-18)24(5,6)16(2)26(22)8/h9-14H,1-2H2,3-8H3. The fourth-order valence-electron chi connectivity index (χ4n) is 4.53. The van der Waals surface area contributed by atoms with Crippen LogP contribution in [0, 0.1) is 0 Å². The van der Waals surface area contributed by atoms with Crippen LogP contribution in [0.25, 0.3) is 0 Å². The van der Waals surface area contributed by atoms with Crippen molar-refractivity contribution in [2.24, 2.45) is 0 Å². The molecule has 0 unspecified atom stereocenters. The van der Waals surface area contributed by atoms with Crippen LogP contribution in [0.15, 0.2) is 70.7 Å². The molecule has 0 radical (unpaired) electrons. The Morgan fingerprint density at radius 2 is 1.07 bits per heavy atom. The topological polar surface area (TPSA) is 40.6 Å². The molecule has 0 N–H and O–H groups in total. The van der Waals surface area contributed by atoms with Crippen LogP contribution in [0.1, 0.15) is 38.8 Å². The van der Waals surface area contributed by atoms with Gasteiger partial charge in [0.2, 0.25) is 9.84 Å². The molecule has 4 nitrogen and oxygen atoms in total. The molecule has 4 rings (SSSR count). The summed E-state index contributed by atoms with van der Waals surface area (Å²) in [4.78, 5) is 4.70. The first-order valence-corrected chi connectivity index (χ1v) is 11.2. The highest BCUT2D eigenvalue weighted by molar-refractivity contribution is 7.91. The molecule has 29 heavy (non-hydrogen) atoms. The second kappa shape index (κ2) is 5.76. The number of hydrogen-bond acceptors (Lipinski definition) is 4. The predicted molar refractivity (Wildman–Crippen MR) is 119 cm³/mol. The number of rotatable bonds is 2. The third-order valence-corrected chi connectivity index (χ3v) is 8.63. The molecule has 152 valence electrons. The summed E-state index contributed by atoms with van der Waals surface area (Å²) in [6.07, 6.45) is 0. The van der Waals surface area contributed by atoms with Gasteiger partial charge in [0.05, 0.1) is 9.79 Å². The summed E-state index contributed by atoms with van der Waals surface area (Å²) in [6.45, 7) is 16.7. The number of sulfone groups is 1. The van der Waals surface area contributed by atoms with Gasteiger partial charge in [0.25, 0.3) is 0 Å². The molecule has 2 aliphatic rings. The molecular weight excluding hydrogens is 380 g/mol. The van der Waals surface area contributed by atoms with Gasteiger partial charge in [-0.25, -0.2) is 8.42 Å². The van der Waals surface area contributed by atoms with E-state index in [0.717, 1.165) is 33.9 Å². The number of fused-ring (bicyclic) bond motifs is 2.